The van der Waals surface area contributed by atoms with Crippen LogP contribution in [0.4, 0.5) is 4.39 Å². The van der Waals surface area contributed by atoms with Gasteiger partial charge in [0, 0.05) is 5.02 Å². The van der Waals surface area contributed by atoms with E-state index in [9.17, 15) is 4.39 Å². The monoisotopic (exact) mass is 308 g/mol. The Morgan fingerprint density at radius 1 is 1.20 bits per heavy atom. The summed E-state index contributed by atoms with van der Waals surface area (Å²) in [6.07, 6.45) is 0. The molecule has 0 saturated heterocycles. The molecule has 0 unspecified atom stereocenters. The second kappa shape index (κ2) is 5.08. The first-order valence-corrected chi connectivity index (χ1v) is 7.01. The van der Waals surface area contributed by atoms with E-state index in [1.54, 1.807) is 28.8 Å². The van der Waals surface area contributed by atoms with Crippen molar-refractivity contribution in [3.05, 3.63) is 58.6 Å². The van der Waals surface area contributed by atoms with Gasteiger partial charge in [0.05, 0.1) is 22.6 Å². The van der Waals surface area contributed by atoms with E-state index in [0.29, 0.717) is 16.5 Å². The summed E-state index contributed by atoms with van der Waals surface area (Å²) >= 11 is 12.0. The van der Waals surface area contributed by atoms with E-state index in [0.717, 1.165) is 16.6 Å². The van der Waals surface area contributed by atoms with Gasteiger partial charge in [0.2, 0.25) is 0 Å². The number of nitrogens with zero attached hydrogens (tertiary/aromatic N) is 2. The molecular formula is C15H11Cl2FN2. The van der Waals surface area contributed by atoms with Crippen LogP contribution in [0.2, 0.25) is 5.02 Å². The number of aromatic nitrogens is 2. The minimum atomic E-state index is -0.310. The molecule has 3 rings (SSSR count). The molecule has 102 valence electrons. The highest BCUT2D eigenvalue weighted by Gasteiger charge is 2.15. The molecule has 0 aliphatic rings. The lowest BCUT2D eigenvalue weighted by molar-refractivity contribution is 0.616. The molecule has 0 N–H and O–H groups in total. The van der Waals surface area contributed by atoms with Gasteiger partial charge in [-0.15, -0.1) is 11.6 Å². The third kappa shape index (κ3) is 2.17. The smallest absolute Gasteiger partial charge is 0.147 e. The normalized spacial score (nSPS) is 11.2. The fourth-order valence-corrected chi connectivity index (χ4v) is 2.60. The SMILES string of the molecule is Cc1ccc(-n2c(CCl)nc3ccc(Cl)cc32)c(F)c1. The van der Waals surface area contributed by atoms with E-state index in [1.807, 2.05) is 13.0 Å². The number of hydrogen-bond donors (Lipinski definition) is 0. The van der Waals surface area contributed by atoms with Crippen LogP contribution in [0.1, 0.15) is 11.4 Å². The summed E-state index contributed by atoms with van der Waals surface area (Å²) in [6.45, 7) is 1.85. The number of halogens is 3. The molecule has 0 amide bonds. The number of fused-ring (bicyclic) bond motifs is 1. The average molecular weight is 309 g/mol. The maximum atomic E-state index is 14.2. The molecule has 0 spiro atoms. The van der Waals surface area contributed by atoms with Crippen LogP contribution in [0.5, 0.6) is 0 Å². The molecule has 0 bridgehead atoms. The van der Waals surface area contributed by atoms with Gasteiger partial charge < -0.3 is 0 Å². The number of alkyl halides is 1. The summed E-state index contributed by atoms with van der Waals surface area (Å²) < 4.78 is 15.9. The Hall–Kier alpha value is -1.58. The van der Waals surface area contributed by atoms with Gasteiger partial charge in [-0.25, -0.2) is 9.37 Å². The van der Waals surface area contributed by atoms with Crippen molar-refractivity contribution in [3.8, 4) is 5.69 Å². The molecule has 0 fully saturated rings. The Labute approximate surface area is 125 Å². The number of rotatable bonds is 2. The number of benzene rings is 2. The highest BCUT2D eigenvalue weighted by atomic mass is 35.5. The standard InChI is InChI=1S/C15H11Cl2FN2/c1-9-2-5-13(11(18)6-9)20-14-7-10(17)3-4-12(14)19-15(20)8-16/h2-7H,8H2,1H3. The van der Waals surface area contributed by atoms with Crippen LogP contribution in [-0.2, 0) is 5.88 Å². The van der Waals surface area contributed by atoms with Gasteiger partial charge in [-0.05, 0) is 42.8 Å². The van der Waals surface area contributed by atoms with Crippen LogP contribution in [0, 0.1) is 12.7 Å². The molecule has 1 heterocycles. The van der Waals surface area contributed by atoms with Crippen molar-refractivity contribution in [2.45, 2.75) is 12.8 Å². The van der Waals surface area contributed by atoms with Gasteiger partial charge >= 0.3 is 0 Å². The number of aryl methyl sites for hydroxylation is 1. The number of imidazole rings is 1. The third-order valence-corrected chi connectivity index (χ3v) is 3.62. The Morgan fingerprint density at radius 3 is 2.70 bits per heavy atom. The van der Waals surface area contributed by atoms with Crippen molar-refractivity contribution in [3.63, 3.8) is 0 Å². The minimum Gasteiger partial charge on any atom is -0.292 e. The van der Waals surface area contributed by atoms with E-state index in [1.165, 1.54) is 6.07 Å². The van der Waals surface area contributed by atoms with Crippen LogP contribution in [-0.4, -0.2) is 9.55 Å². The average Bonchev–Trinajstić information content (AvgIpc) is 2.76. The van der Waals surface area contributed by atoms with Crippen LogP contribution in [0.3, 0.4) is 0 Å². The van der Waals surface area contributed by atoms with Crippen molar-refractivity contribution in [2.75, 3.05) is 0 Å². The topological polar surface area (TPSA) is 17.8 Å². The van der Waals surface area contributed by atoms with Crippen LogP contribution in [0.15, 0.2) is 36.4 Å². The second-order valence-corrected chi connectivity index (χ2v) is 5.29. The Balaban J connectivity index is 2.36. The van der Waals surface area contributed by atoms with Crippen LogP contribution < -0.4 is 0 Å². The zero-order valence-electron chi connectivity index (χ0n) is 10.7. The zero-order chi connectivity index (χ0) is 14.3. The molecule has 5 heteroatoms. The predicted molar refractivity (Wildman–Crippen MR) is 80.3 cm³/mol. The van der Waals surface area contributed by atoms with Gasteiger partial charge in [0.15, 0.2) is 0 Å². The summed E-state index contributed by atoms with van der Waals surface area (Å²) in [5, 5.41) is 0.576. The molecule has 0 saturated carbocycles. The highest BCUT2D eigenvalue weighted by Crippen LogP contribution is 2.27. The van der Waals surface area contributed by atoms with Crippen molar-refractivity contribution < 1.29 is 4.39 Å². The first kappa shape index (κ1) is 13.4. The lowest BCUT2D eigenvalue weighted by atomic mass is 10.2. The largest absolute Gasteiger partial charge is 0.292 e. The predicted octanol–water partition coefficient (Wildman–Crippen LogP) is 4.87. The summed E-state index contributed by atoms with van der Waals surface area (Å²) in [7, 11) is 0. The molecule has 0 aliphatic heterocycles. The maximum absolute atomic E-state index is 14.2. The minimum absolute atomic E-state index is 0.194. The first-order valence-electron chi connectivity index (χ1n) is 6.09. The summed E-state index contributed by atoms with van der Waals surface area (Å²) in [5.41, 5.74) is 2.78. The van der Waals surface area contributed by atoms with Gasteiger partial charge in [0.1, 0.15) is 11.6 Å². The summed E-state index contributed by atoms with van der Waals surface area (Å²) in [4.78, 5) is 4.42. The quantitative estimate of drug-likeness (QED) is 0.618. The highest BCUT2D eigenvalue weighted by molar-refractivity contribution is 6.31. The van der Waals surface area contributed by atoms with Crippen molar-refractivity contribution in [1.82, 2.24) is 9.55 Å². The molecule has 20 heavy (non-hydrogen) atoms. The maximum Gasteiger partial charge on any atom is 0.147 e. The van der Waals surface area contributed by atoms with Gasteiger partial charge in [-0.3, -0.25) is 4.57 Å². The first-order chi connectivity index (χ1) is 9.60. The van der Waals surface area contributed by atoms with Crippen LogP contribution in [0.25, 0.3) is 16.7 Å². The van der Waals surface area contributed by atoms with Gasteiger partial charge in [-0.2, -0.15) is 0 Å². The Bertz CT molecular complexity index is 796. The van der Waals surface area contributed by atoms with E-state index < -0.39 is 0 Å². The second-order valence-electron chi connectivity index (χ2n) is 4.58. The molecule has 0 radical (unpaired) electrons. The summed E-state index contributed by atoms with van der Waals surface area (Å²) in [6, 6.07) is 10.4. The van der Waals surface area contributed by atoms with E-state index >= 15 is 0 Å². The Morgan fingerprint density at radius 2 is 2.00 bits per heavy atom. The fourth-order valence-electron chi connectivity index (χ4n) is 2.25. The van der Waals surface area contributed by atoms with Crippen molar-refractivity contribution >= 4 is 34.2 Å². The molecule has 0 atom stereocenters. The summed E-state index contributed by atoms with van der Waals surface area (Å²) in [5.74, 6) is 0.474. The van der Waals surface area contributed by atoms with Crippen LogP contribution >= 0.6 is 23.2 Å². The molecule has 2 aromatic carbocycles. The van der Waals surface area contributed by atoms with E-state index in [-0.39, 0.29) is 11.7 Å². The van der Waals surface area contributed by atoms with Crippen molar-refractivity contribution in [2.24, 2.45) is 0 Å². The lowest BCUT2D eigenvalue weighted by Crippen LogP contribution is -2.02. The van der Waals surface area contributed by atoms with E-state index in [4.69, 9.17) is 23.2 Å². The van der Waals surface area contributed by atoms with Gasteiger partial charge in [0.25, 0.3) is 0 Å². The number of hydrogen-bond acceptors (Lipinski definition) is 1. The van der Waals surface area contributed by atoms with Gasteiger partial charge in [-0.1, -0.05) is 17.7 Å². The lowest BCUT2D eigenvalue weighted by Gasteiger charge is -2.09. The zero-order valence-corrected chi connectivity index (χ0v) is 12.2. The molecule has 0 aliphatic carbocycles. The van der Waals surface area contributed by atoms with E-state index in [2.05, 4.69) is 4.98 Å². The molecule has 3 aromatic rings. The molecule has 2 nitrogen and oxygen atoms in total. The Kier molecular flexibility index (Phi) is 3.40. The fraction of sp³-hybridized carbons (Fsp3) is 0.133. The third-order valence-electron chi connectivity index (χ3n) is 3.15. The molecular weight excluding hydrogens is 298 g/mol. The van der Waals surface area contributed by atoms with Crippen molar-refractivity contribution in [1.29, 1.82) is 0 Å². The molecule has 1 aromatic heterocycles.